The van der Waals surface area contributed by atoms with Crippen LogP contribution in [0.25, 0.3) is 0 Å². The fourth-order valence-corrected chi connectivity index (χ4v) is 16.5. The molecule has 4 aliphatic carbocycles. The van der Waals surface area contributed by atoms with Crippen LogP contribution in [0.1, 0.15) is 179 Å². The number of amides is 12. The van der Waals surface area contributed by atoms with E-state index in [1.807, 2.05) is 6.92 Å². The van der Waals surface area contributed by atoms with E-state index in [1.165, 1.54) is 68.9 Å². The Hall–Kier alpha value is -7.20. The van der Waals surface area contributed by atoms with E-state index in [-0.39, 0.29) is 43.1 Å². The first kappa shape index (κ1) is 80.5. The average molecular weight is 1460 g/mol. The van der Waals surface area contributed by atoms with Gasteiger partial charge in [0, 0.05) is 68.8 Å². The minimum atomic E-state index is -4.83. The first-order valence-corrected chi connectivity index (χ1v) is 37.0. The number of alkyl halides is 5. The van der Waals surface area contributed by atoms with Crippen molar-refractivity contribution in [2.45, 2.75) is 234 Å². The summed E-state index contributed by atoms with van der Waals surface area (Å²) in [5.41, 5.74) is -2.83. The van der Waals surface area contributed by atoms with Gasteiger partial charge in [0.25, 0.3) is 5.92 Å². The second kappa shape index (κ2) is 34.6. The number of rotatable bonds is 10. The lowest BCUT2D eigenvalue weighted by Gasteiger charge is -2.43. The zero-order chi connectivity index (χ0) is 74.9. The van der Waals surface area contributed by atoms with Crippen molar-refractivity contribution in [1.82, 2.24) is 60.0 Å². The number of likely N-dealkylation sites (tertiary alicyclic amines) is 1. The lowest BCUT2D eigenvalue weighted by atomic mass is 9.78. The molecule has 24 nitrogen and oxygen atoms in total. The monoisotopic (exact) mass is 1460 g/mol. The number of carbonyl (C=O) groups excluding carboxylic acids is 12. The van der Waals surface area contributed by atoms with E-state index in [1.54, 1.807) is 11.8 Å². The SMILES string of the molecule is CC[C@H](C)[C@@H]1NC(=O)[C@H](C2CCC2)N(C)C(=O)C[C@@H](C(=O)N2CCCC2)N(C)C(=O)[C@H](C2CCCCC2)N(C)C(=O)C2(CCCC2)NC(=O)C2CC(F)(F)CN2C(=O)[C@H](CCc2ccc(C(F)(F)F)c(Cl)c2)NC(=O)CN(C)C(=O)[C@H](CC2CCCCC2)N(C)C(=O)CN(C)C(=O)CN(C)C1=O. The van der Waals surface area contributed by atoms with Crippen LogP contribution in [0.5, 0.6) is 0 Å². The first-order chi connectivity index (χ1) is 48.1. The van der Waals surface area contributed by atoms with Crippen molar-refractivity contribution in [3.8, 4) is 0 Å². The van der Waals surface area contributed by atoms with Gasteiger partial charge in [0.1, 0.15) is 47.8 Å². The van der Waals surface area contributed by atoms with Crippen LogP contribution >= 0.6 is 11.6 Å². The minimum absolute atomic E-state index is 0.0151. The third-order valence-corrected chi connectivity index (χ3v) is 23.2. The summed E-state index contributed by atoms with van der Waals surface area (Å²) in [7, 11) is 9.64. The molecular formula is C72H106ClF5N12O12. The highest BCUT2D eigenvalue weighted by molar-refractivity contribution is 6.31. The molecule has 1 aromatic rings. The molecule has 4 saturated carbocycles. The van der Waals surface area contributed by atoms with Gasteiger partial charge < -0.3 is 60.0 Å². The Labute approximate surface area is 600 Å². The van der Waals surface area contributed by atoms with E-state index in [0.29, 0.717) is 88.6 Å². The molecule has 1 unspecified atom stereocenters. The van der Waals surface area contributed by atoms with Crippen molar-refractivity contribution in [3.63, 3.8) is 0 Å². The Balaban J connectivity index is 1.18. The van der Waals surface area contributed by atoms with Gasteiger partial charge in [-0.2, -0.15) is 13.2 Å². The largest absolute Gasteiger partial charge is 0.417 e. The molecule has 102 heavy (non-hydrogen) atoms. The molecular weight excluding hydrogens is 1360 g/mol. The van der Waals surface area contributed by atoms with Gasteiger partial charge >= 0.3 is 6.18 Å². The summed E-state index contributed by atoms with van der Waals surface area (Å²) in [4.78, 5) is 190. The number of aryl methyl sites for hydroxylation is 1. The van der Waals surface area contributed by atoms with E-state index in [0.717, 1.165) is 77.8 Å². The fraction of sp³-hybridized carbons (Fsp3) is 0.750. The van der Waals surface area contributed by atoms with Crippen LogP contribution < -0.4 is 16.0 Å². The number of hydrogen-bond acceptors (Lipinski definition) is 12. The molecule has 7 aliphatic rings. The molecule has 3 saturated heterocycles. The molecule has 568 valence electrons. The quantitative estimate of drug-likeness (QED) is 0.227. The second-order valence-electron chi connectivity index (χ2n) is 30.2. The molecule has 0 bridgehead atoms. The van der Waals surface area contributed by atoms with Crippen LogP contribution in [-0.2, 0) is 70.1 Å². The summed E-state index contributed by atoms with van der Waals surface area (Å²) in [6.07, 6.45) is 4.23. The zero-order valence-corrected chi connectivity index (χ0v) is 61.5. The number of carbonyl (C=O) groups is 12. The molecule has 3 aliphatic heterocycles. The number of nitrogens with zero attached hydrogens (tertiary/aromatic N) is 9. The molecule has 3 N–H and O–H groups in total. The number of hydrogen-bond donors (Lipinski definition) is 3. The second-order valence-corrected chi connectivity index (χ2v) is 30.6. The van der Waals surface area contributed by atoms with E-state index in [2.05, 4.69) is 16.0 Å². The van der Waals surface area contributed by atoms with Crippen molar-refractivity contribution in [3.05, 3.63) is 34.3 Å². The molecule has 30 heteroatoms. The van der Waals surface area contributed by atoms with E-state index >= 15 is 32.8 Å². The first-order valence-electron chi connectivity index (χ1n) is 36.6. The van der Waals surface area contributed by atoms with Gasteiger partial charge in [0.2, 0.25) is 70.9 Å². The maximum absolute atomic E-state index is 16.2. The summed E-state index contributed by atoms with van der Waals surface area (Å²) < 4.78 is 74.0. The highest BCUT2D eigenvalue weighted by Gasteiger charge is 2.55. The Bertz CT molecular complexity index is 3250. The van der Waals surface area contributed by atoms with Crippen LogP contribution in [0.4, 0.5) is 22.0 Å². The highest BCUT2D eigenvalue weighted by atomic mass is 35.5. The standard InChI is InChI=1S/C72H106ClF5N12O12/c1-10-44(2)59-67(100)84(5)41-57(93)82(3)42-58(94)85(6)52(37-45-22-13-11-14-23-45)65(98)83(4)40-55(91)79-51(31-29-46-28-30-49(50(73)36-46)72(76,77)78)64(97)90-43-71(74,75)39-54(90)62(95)81-70(32-17-18-33-70)69(102)88(9)61(48-24-15-12-16-25-48)68(101)86(7)53(66(99)89-34-19-20-35-89)38-56(92)87(8)60(63(96)80-59)47-26-21-27-47/h28,30,36,44-45,47-48,51-54,59-61H,10-27,29,31-35,37-43H2,1-9H3,(H,79,91)(H,80,96)(H,81,95)/t44-,51-,52-,53-,54?,59-,60-,61-/m0/s1. The third kappa shape index (κ3) is 19.2. The van der Waals surface area contributed by atoms with Gasteiger partial charge in [0.05, 0.1) is 43.2 Å². The van der Waals surface area contributed by atoms with Crippen molar-refractivity contribution < 1.29 is 79.5 Å². The van der Waals surface area contributed by atoms with Crippen molar-refractivity contribution in [1.29, 1.82) is 0 Å². The number of fused-ring (bicyclic) bond motifs is 1. The molecule has 7 fully saturated rings. The Morgan fingerprint density at radius 1 is 0.627 bits per heavy atom. The van der Waals surface area contributed by atoms with Crippen LogP contribution in [0.15, 0.2) is 18.2 Å². The lowest BCUT2D eigenvalue weighted by Crippen LogP contribution is -2.65. The van der Waals surface area contributed by atoms with Crippen molar-refractivity contribution in [2.75, 3.05) is 88.6 Å². The van der Waals surface area contributed by atoms with Crippen LogP contribution in [-0.4, -0.2) is 257 Å². The molecule has 8 rings (SSSR count). The molecule has 0 aromatic heterocycles. The van der Waals surface area contributed by atoms with Crippen LogP contribution in [0.2, 0.25) is 5.02 Å². The van der Waals surface area contributed by atoms with Gasteiger partial charge in [-0.1, -0.05) is 109 Å². The van der Waals surface area contributed by atoms with E-state index in [4.69, 9.17) is 11.6 Å². The highest BCUT2D eigenvalue weighted by Crippen LogP contribution is 2.41. The van der Waals surface area contributed by atoms with Gasteiger partial charge in [-0.3, -0.25) is 57.5 Å². The summed E-state index contributed by atoms with van der Waals surface area (Å²) in [5.74, 6) is -14.5. The molecule has 12 amide bonds. The Morgan fingerprint density at radius 2 is 1.22 bits per heavy atom. The van der Waals surface area contributed by atoms with Gasteiger partial charge in [-0.25, -0.2) is 8.78 Å². The molecule has 0 radical (unpaired) electrons. The summed E-state index contributed by atoms with van der Waals surface area (Å²) in [6.45, 7) is 1.01. The van der Waals surface area contributed by atoms with Crippen LogP contribution in [0.3, 0.4) is 0 Å². The molecule has 1 spiro atoms. The lowest BCUT2D eigenvalue weighted by molar-refractivity contribution is -0.157. The summed E-state index contributed by atoms with van der Waals surface area (Å²) in [5, 5.41) is 7.59. The summed E-state index contributed by atoms with van der Waals surface area (Å²) in [6, 6.07) is -7.24. The number of likely N-dealkylation sites (N-methyl/N-ethyl adjacent to an activating group) is 7. The fourth-order valence-electron chi connectivity index (χ4n) is 16.2. The molecule has 3 heterocycles. The van der Waals surface area contributed by atoms with E-state index in [9.17, 15) is 46.7 Å². The van der Waals surface area contributed by atoms with Crippen molar-refractivity contribution in [2.24, 2.45) is 23.7 Å². The number of nitrogens with one attached hydrogen (secondary N) is 3. The molecule has 1 aromatic carbocycles. The maximum Gasteiger partial charge on any atom is 0.417 e. The zero-order valence-electron chi connectivity index (χ0n) is 60.7. The Morgan fingerprint density at radius 3 is 1.80 bits per heavy atom. The number of halogens is 6. The topological polar surface area (TPSA) is 270 Å². The minimum Gasteiger partial charge on any atom is -0.343 e. The smallest absolute Gasteiger partial charge is 0.343 e. The maximum atomic E-state index is 16.2. The van der Waals surface area contributed by atoms with E-state index < -0.39 is 199 Å². The normalized spacial score (nSPS) is 27.9. The van der Waals surface area contributed by atoms with Crippen LogP contribution in [0, 0.1) is 23.7 Å². The number of benzene rings is 1. The predicted octanol–water partition coefficient (Wildman–Crippen LogP) is 6.03. The van der Waals surface area contributed by atoms with Gasteiger partial charge in [-0.15, -0.1) is 0 Å². The van der Waals surface area contributed by atoms with Gasteiger partial charge in [0.15, 0.2) is 0 Å². The average Bonchev–Trinajstić information content (AvgIpc) is 1.51. The van der Waals surface area contributed by atoms with Crippen molar-refractivity contribution >= 4 is 82.5 Å². The Kier molecular flexibility index (Phi) is 27.3. The third-order valence-electron chi connectivity index (χ3n) is 22.9. The summed E-state index contributed by atoms with van der Waals surface area (Å²) >= 11 is 6.11. The molecule has 8 atom stereocenters. The predicted molar refractivity (Wildman–Crippen MR) is 367 cm³/mol. The van der Waals surface area contributed by atoms with Gasteiger partial charge in [-0.05, 0) is 112 Å².